The Hall–Kier alpha value is -2.01. The molecule has 0 amide bonds. The van der Waals surface area contributed by atoms with Gasteiger partial charge < -0.3 is 5.11 Å². The van der Waals surface area contributed by atoms with Crippen LogP contribution in [-0.2, 0) is 6.54 Å². The Balaban J connectivity index is 2.03. The van der Waals surface area contributed by atoms with Crippen LogP contribution in [0, 0.1) is 5.82 Å². The van der Waals surface area contributed by atoms with Crippen LogP contribution in [0.2, 0.25) is 0 Å². The number of fused-ring (bicyclic) bond motifs is 1. The summed E-state index contributed by atoms with van der Waals surface area (Å²) in [7, 11) is 0. The van der Waals surface area contributed by atoms with E-state index < -0.39 is 11.8 Å². The van der Waals surface area contributed by atoms with Gasteiger partial charge in [-0.25, -0.2) is 14.2 Å². The third-order valence-corrected chi connectivity index (χ3v) is 4.38. The monoisotopic (exact) mass is 302 g/mol. The van der Waals surface area contributed by atoms with Crippen LogP contribution in [0.4, 0.5) is 4.39 Å². The third-order valence-electron chi connectivity index (χ3n) is 4.38. The minimum absolute atomic E-state index is 0.115. The van der Waals surface area contributed by atoms with Crippen molar-refractivity contribution >= 4 is 16.9 Å². The average Bonchev–Trinajstić information content (AvgIpc) is 2.49. The highest BCUT2D eigenvalue weighted by atomic mass is 19.1. The number of benzene rings is 1. The summed E-state index contributed by atoms with van der Waals surface area (Å²) in [5, 5.41) is 9.74. The second kappa shape index (κ2) is 6.01. The highest BCUT2D eigenvalue weighted by Crippen LogP contribution is 2.24. The van der Waals surface area contributed by atoms with Crippen LogP contribution < -0.4 is 0 Å². The molecule has 1 aliphatic heterocycles. The molecule has 1 unspecified atom stereocenters. The fourth-order valence-corrected chi connectivity index (χ4v) is 3.13. The molecule has 1 aliphatic rings. The fraction of sp³-hybridized carbons (Fsp3) is 0.412. The Kier molecular flexibility index (Phi) is 4.07. The number of para-hydroxylation sites is 1. The number of halogens is 1. The summed E-state index contributed by atoms with van der Waals surface area (Å²) in [5.74, 6) is -1.53. The van der Waals surface area contributed by atoms with Gasteiger partial charge in [-0.15, -0.1) is 0 Å². The van der Waals surface area contributed by atoms with Gasteiger partial charge in [0.2, 0.25) is 0 Å². The molecule has 0 spiro atoms. The molecule has 116 valence electrons. The van der Waals surface area contributed by atoms with Gasteiger partial charge in [0.1, 0.15) is 11.3 Å². The van der Waals surface area contributed by atoms with E-state index in [2.05, 4.69) is 16.8 Å². The third kappa shape index (κ3) is 2.81. The minimum Gasteiger partial charge on any atom is -0.478 e. The second-order valence-electron chi connectivity index (χ2n) is 5.92. The number of carboxylic acids is 1. The number of piperidine rings is 1. The molecule has 22 heavy (non-hydrogen) atoms. The van der Waals surface area contributed by atoms with E-state index in [0.717, 1.165) is 19.4 Å². The normalized spacial score (nSPS) is 19.5. The Labute approximate surface area is 128 Å². The Morgan fingerprint density at radius 2 is 2.27 bits per heavy atom. The van der Waals surface area contributed by atoms with E-state index in [1.54, 1.807) is 12.1 Å². The summed E-state index contributed by atoms with van der Waals surface area (Å²) in [6.07, 6.45) is 3.49. The van der Waals surface area contributed by atoms with Crippen molar-refractivity contribution in [2.45, 2.75) is 38.8 Å². The first-order valence-corrected chi connectivity index (χ1v) is 7.62. The van der Waals surface area contributed by atoms with Gasteiger partial charge in [0.25, 0.3) is 0 Å². The fourth-order valence-electron chi connectivity index (χ4n) is 3.13. The van der Waals surface area contributed by atoms with Crippen molar-refractivity contribution in [3.63, 3.8) is 0 Å². The summed E-state index contributed by atoms with van der Waals surface area (Å²) in [4.78, 5) is 18.1. The van der Waals surface area contributed by atoms with Crippen LogP contribution in [0.25, 0.3) is 10.9 Å². The second-order valence-corrected chi connectivity index (χ2v) is 5.92. The molecule has 2 aromatic rings. The highest BCUT2D eigenvalue weighted by molar-refractivity contribution is 6.02. The predicted molar refractivity (Wildman–Crippen MR) is 82.4 cm³/mol. The van der Waals surface area contributed by atoms with Gasteiger partial charge in [0, 0.05) is 18.0 Å². The Bertz CT molecular complexity index is 717. The number of carboxylic acid groups (broad SMARTS) is 1. The predicted octanol–water partition coefficient (Wildman–Crippen LogP) is 3.45. The van der Waals surface area contributed by atoms with Crippen LogP contribution in [0.1, 0.15) is 42.2 Å². The maximum atomic E-state index is 14.0. The number of aromatic carboxylic acids is 1. The average molecular weight is 302 g/mol. The molecule has 4 nitrogen and oxygen atoms in total. The SMILES string of the molecule is CC1CCCCN1Cc1cc(C(=O)O)c2cccc(F)c2n1. The van der Waals surface area contributed by atoms with Crippen LogP contribution in [0.15, 0.2) is 24.3 Å². The quantitative estimate of drug-likeness (QED) is 0.943. The van der Waals surface area contributed by atoms with Crippen molar-refractivity contribution in [1.29, 1.82) is 0 Å². The van der Waals surface area contributed by atoms with E-state index in [1.807, 2.05) is 0 Å². The largest absolute Gasteiger partial charge is 0.478 e. The van der Waals surface area contributed by atoms with Gasteiger partial charge in [-0.1, -0.05) is 18.6 Å². The molecule has 3 rings (SSSR count). The number of likely N-dealkylation sites (tertiary alicyclic amines) is 1. The topological polar surface area (TPSA) is 53.4 Å². The molecule has 0 radical (unpaired) electrons. The number of aromatic nitrogens is 1. The number of nitrogens with zero attached hydrogens (tertiary/aromatic N) is 2. The molecule has 5 heteroatoms. The summed E-state index contributed by atoms with van der Waals surface area (Å²) < 4.78 is 14.0. The van der Waals surface area contributed by atoms with Gasteiger partial charge in [0.05, 0.1) is 11.3 Å². The Morgan fingerprint density at radius 3 is 3.00 bits per heavy atom. The van der Waals surface area contributed by atoms with E-state index in [-0.39, 0.29) is 11.1 Å². The number of hydrogen-bond donors (Lipinski definition) is 1. The first-order valence-electron chi connectivity index (χ1n) is 7.62. The summed E-state index contributed by atoms with van der Waals surface area (Å²) in [5.41, 5.74) is 0.870. The van der Waals surface area contributed by atoms with Crippen molar-refractivity contribution in [3.8, 4) is 0 Å². The number of pyridine rings is 1. The lowest BCUT2D eigenvalue weighted by molar-refractivity contribution is 0.0698. The van der Waals surface area contributed by atoms with Crippen molar-refractivity contribution in [1.82, 2.24) is 9.88 Å². The zero-order valence-corrected chi connectivity index (χ0v) is 12.6. The van der Waals surface area contributed by atoms with E-state index in [9.17, 15) is 14.3 Å². The van der Waals surface area contributed by atoms with E-state index in [4.69, 9.17) is 0 Å². The zero-order chi connectivity index (χ0) is 15.7. The van der Waals surface area contributed by atoms with Gasteiger partial charge in [-0.05, 0) is 38.4 Å². The van der Waals surface area contributed by atoms with E-state index in [0.29, 0.717) is 23.7 Å². The molecule has 0 saturated carbocycles. The molecule has 2 heterocycles. The molecule has 1 N–H and O–H groups in total. The Morgan fingerprint density at radius 1 is 1.45 bits per heavy atom. The smallest absolute Gasteiger partial charge is 0.336 e. The number of carbonyl (C=O) groups is 1. The molecular formula is C17H19FN2O2. The standard InChI is InChI=1S/C17H19FN2O2/c1-11-5-2-3-8-20(11)10-12-9-14(17(21)22)13-6-4-7-15(18)16(13)19-12/h4,6-7,9,11H,2-3,5,8,10H2,1H3,(H,21,22). The maximum Gasteiger partial charge on any atom is 0.336 e. The maximum absolute atomic E-state index is 14.0. The molecule has 0 bridgehead atoms. The first-order chi connectivity index (χ1) is 10.6. The first kappa shape index (κ1) is 14.9. The number of rotatable bonds is 3. The molecule has 1 atom stereocenters. The zero-order valence-electron chi connectivity index (χ0n) is 12.6. The summed E-state index contributed by atoms with van der Waals surface area (Å²) in [6.45, 7) is 3.70. The lowest BCUT2D eigenvalue weighted by atomic mass is 10.0. The molecule has 1 aromatic carbocycles. The lowest BCUT2D eigenvalue weighted by Gasteiger charge is -2.33. The van der Waals surface area contributed by atoms with Crippen molar-refractivity contribution in [3.05, 3.63) is 41.3 Å². The van der Waals surface area contributed by atoms with Gasteiger partial charge in [-0.2, -0.15) is 0 Å². The number of hydrogen-bond acceptors (Lipinski definition) is 3. The lowest BCUT2D eigenvalue weighted by Crippen LogP contribution is -2.37. The minimum atomic E-state index is -1.05. The van der Waals surface area contributed by atoms with Crippen LogP contribution in [0.5, 0.6) is 0 Å². The van der Waals surface area contributed by atoms with Crippen molar-refractivity contribution in [2.75, 3.05) is 6.54 Å². The van der Waals surface area contributed by atoms with Crippen molar-refractivity contribution in [2.24, 2.45) is 0 Å². The van der Waals surface area contributed by atoms with Crippen LogP contribution >= 0.6 is 0 Å². The molecule has 1 aromatic heterocycles. The highest BCUT2D eigenvalue weighted by Gasteiger charge is 2.20. The molecule has 0 aliphatic carbocycles. The van der Waals surface area contributed by atoms with Crippen LogP contribution in [-0.4, -0.2) is 33.5 Å². The summed E-state index contributed by atoms with van der Waals surface area (Å²) >= 11 is 0. The van der Waals surface area contributed by atoms with Gasteiger partial charge >= 0.3 is 5.97 Å². The molecule has 1 saturated heterocycles. The molecule has 1 fully saturated rings. The van der Waals surface area contributed by atoms with E-state index in [1.165, 1.54) is 18.6 Å². The van der Waals surface area contributed by atoms with Crippen LogP contribution in [0.3, 0.4) is 0 Å². The van der Waals surface area contributed by atoms with E-state index >= 15 is 0 Å². The summed E-state index contributed by atoms with van der Waals surface area (Å²) in [6, 6.07) is 6.44. The van der Waals surface area contributed by atoms with Gasteiger partial charge in [-0.3, -0.25) is 4.90 Å². The van der Waals surface area contributed by atoms with Gasteiger partial charge in [0.15, 0.2) is 0 Å². The van der Waals surface area contributed by atoms with Crippen molar-refractivity contribution < 1.29 is 14.3 Å². The molecular weight excluding hydrogens is 283 g/mol.